The van der Waals surface area contributed by atoms with E-state index in [2.05, 4.69) is 34.1 Å². The predicted molar refractivity (Wildman–Crippen MR) is 112 cm³/mol. The fraction of sp³-hybridized carbons (Fsp3) is 0.958. The molecule has 0 nitrogen and oxygen atoms in total. The molecule has 0 aliphatic heterocycles. The molecule has 0 aromatic carbocycles. The van der Waals surface area contributed by atoms with E-state index in [9.17, 15) is 0 Å². The summed E-state index contributed by atoms with van der Waals surface area (Å²) in [6, 6.07) is 0. The van der Waals surface area contributed by atoms with E-state index in [1.807, 2.05) is 0 Å². The van der Waals surface area contributed by atoms with E-state index < -0.39 is 0 Å². The van der Waals surface area contributed by atoms with Crippen LogP contribution in [0.1, 0.15) is 137 Å². The molecular weight excluding hydrogens is 288 g/mol. The van der Waals surface area contributed by atoms with Gasteiger partial charge in [-0.1, -0.05) is 137 Å². The normalized spacial score (nSPS) is 14.0. The monoisotopic (exact) mass is 337 g/mol. The van der Waals surface area contributed by atoms with Crippen molar-refractivity contribution in [2.45, 2.75) is 137 Å². The molecule has 2 unspecified atom stereocenters. The summed E-state index contributed by atoms with van der Waals surface area (Å²) in [5.74, 6) is 1.80. The van der Waals surface area contributed by atoms with Crippen molar-refractivity contribution < 1.29 is 0 Å². The van der Waals surface area contributed by atoms with Crippen molar-refractivity contribution >= 4 is 0 Å². The third kappa shape index (κ3) is 15.5. The molecule has 0 bridgehead atoms. The van der Waals surface area contributed by atoms with Gasteiger partial charge in [0.1, 0.15) is 0 Å². The maximum Gasteiger partial charge on any atom is -0.0324 e. The smallest absolute Gasteiger partial charge is 0.0324 e. The number of unbranched alkanes of at least 4 members (excludes halogenated alkanes) is 9. The lowest BCUT2D eigenvalue weighted by molar-refractivity contribution is 0.374. The highest BCUT2D eigenvalue weighted by molar-refractivity contribution is 4.84. The fourth-order valence-corrected chi connectivity index (χ4v) is 3.92. The second-order valence-corrected chi connectivity index (χ2v) is 8.05. The van der Waals surface area contributed by atoms with Crippen LogP contribution in [0.2, 0.25) is 0 Å². The van der Waals surface area contributed by atoms with Gasteiger partial charge in [0.2, 0.25) is 0 Å². The molecule has 0 saturated carbocycles. The number of rotatable bonds is 19. The van der Waals surface area contributed by atoms with Gasteiger partial charge in [0.15, 0.2) is 0 Å². The van der Waals surface area contributed by atoms with E-state index in [1.165, 1.54) is 109 Å². The van der Waals surface area contributed by atoms with E-state index in [-0.39, 0.29) is 0 Å². The Bertz CT molecular complexity index is 220. The Labute approximate surface area is 155 Å². The summed E-state index contributed by atoms with van der Waals surface area (Å²) in [5.41, 5.74) is 0. The van der Waals surface area contributed by atoms with Crippen LogP contribution in [0, 0.1) is 18.3 Å². The van der Waals surface area contributed by atoms with Crippen LogP contribution in [0.25, 0.3) is 0 Å². The molecule has 0 aromatic rings. The minimum atomic E-state index is 0.897. The van der Waals surface area contributed by atoms with Crippen LogP contribution in [0.4, 0.5) is 0 Å². The summed E-state index contributed by atoms with van der Waals surface area (Å²) in [5, 5.41) is 0. The van der Waals surface area contributed by atoms with Crippen LogP contribution < -0.4 is 0 Å². The summed E-state index contributed by atoms with van der Waals surface area (Å²) >= 11 is 0. The first kappa shape index (κ1) is 24.0. The highest BCUT2D eigenvalue weighted by atomic mass is 14.2. The average Bonchev–Trinajstić information content (AvgIpc) is 2.59. The average molecular weight is 338 g/mol. The second kappa shape index (κ2) is 19.3. The van der Waals surface area contributed by atoms with Gasteiger partial charge in [0, 0.05) is 0 Å². The molecule has 0 aromatic heterocycles. The molecule has 2 atom stereocenters. The van der Waals surface area contributed by atoms with Crippen LogP contribution in [0.15, 0.2) is 0 Å². The van der Waals surface area contributed by atoms with Gasteiger partial charge >= 0.3 is 0 Å². The molecule has 0 N–H and O–H groups in total. The molecule has 0 saturated heterocycles. The fourth-order valence-electron chi connectivity index (χ4n) is 3.92. The summed E-state index contributed by atoms with van der Waals surface area (Å²) in [4.78, 5) is 0. The Hall–Kier alpha value is 0. The lowest BCUT2D eigenvalue weighted by atomic mass is 9.82. The van der Waals surface area contributed by atoms with Gasteiger partial charge in [-0.25, -0.2) is 0 Å². The lowest BCUT2D eigenvalue weighted by Crippen LogP contribution is -2.11. The van der Waals surface area contributed by atoms with Crippen LogP contribution in [-0.4, -0.2) is 0 Å². The molecule has 0 heteroatoms. The molecule has 0 fully saturated rings. The van der Waals surface area contributed by atoms with Crippen molar-refractivity contribution in [2.75, 3.05) is 0 Å². The van der Waals surface area contributed by atoms with E-state index in [1.54, 1.807) is 0 Å². The second-order valence-electron chi connectivity index (χ2n) is 8.05. The van der Waals surface area contributed by atoms with Crippen molar-refractivity contribution in [1.82, 2.24) is 0 Å². The van der Waals surface area contributed by atoms with Crippen LogP contribution >= 0.6 is 0 Å². The topological polar surface area (TPSA) is 0 Å². The van der Waals surface area contributed by atoms with Crippen molar-refractivity contribution in [2.24, 2.45) is 11.8 Å². The number of hydrogen-bond acceptors (Lipinski definition) is 0. The first-order valence-electron chi connectivity index (χ1n) is 11.6. The Morgan fingerprint density at radius 3 is 1.29 bits per heavy atom. The van der Waals surface area contributed by atoms with E-state index >= 15 is 0 Å². The molecule has 1 radical (unpaired) electrons. The predicted octanol–water partition coefficient (Wildman–Crippen LogP) is 9.13. The van der Waals surface area contributed by atoms with Crippen LogP contribution in [0.3, 0.4) is 0 Å². The first-order chi connectivity index (χ1) is 11.8. The van der Waals surface area contributed by atoms with Gasteiger partial charge in [-0.05, 0) is 18.3 Å². The van der Waals surface area contributed by atoms with Gasteiger partial charge in [0.25, 0.3) is 0 Å². The molecule has 24 heavy (non-hydrogen) atoms. The zero-order chi connectivity index (χ0) is 17.9. The number of hydrogen-bond donors (Lipinski definition) is 0. The Kier molecular flexibility index (Phi) is 19.3. The van der Waals surface area contributed by atoms with E-state index in [4.69, 9.17) is 0 Å². The summed E-state index contributed by atoms with van der Waals surface area (Å²) in [6.07, 6.45) is 27.0. The van der Waals surface area contributed by atoms with E-state index in [0.717, 1.165) is 11.8 Å². The van der Waals surface area contributed by atoms with Crippen molar-refractivity contribution in [3.8, 4) is 0 Å². The molecular formula is C24H49. The standard InChI is InChI=1S/C24H49/c1-5-9-12-14-16-20-23(18-8-4)22-24(19-11-7-3)21-17-15-13-10-6-2/h22-24H,5-21H2,1-4H3. The molecule has 0 aliphatic carbocycles. The summed E-state index contributed by atoms with van der Waals surface area (Å²) in [7, 11) is 0. The van der Waals surface area contributed by atoms with E-state index in [0.29, 0.717) is 0 Å². The van der Waals surface area contributed by atoms with Crippen molar-refractivity contribution in [3.63, 3.8) is 0 Å². The Morgan fingerprint density at radius 1 is 0.417 bits per heavy atom. The zero-order valence-corrected chi connectivity index (χ0v) is 17.8. The lowest BCUT2D eigenvalue weighted by Gasteiger charge is -2.23. The molecule has 0 aliphatic rings. The van der Waals surface area contributed by atoms with Crippen LogP contribution in [0.5, 0.6) is 0 Å². The molecule has 0 spiro atoms. The highest BCUT2D eigenvalue weighted by Crippen LogP contribution is 2.29. The van der Waals surface area contributed by atoms with Crippen molar-refractivity contribution in [3.05, 3.63) is 6.42 Å². The Balaban J connectivity index is 4.12. The minimum absolute atomic E-state index is 0.897. The summed E-state index contributed by atoms with van der Waals surface area (Å²) in [6.45, 7) is 9.33. The molecule has 0 rings (SSSR count). The molecule has 0 amide bonds. The van der Waals surface area contributed by atoms with Crippen LogP contribution in [-0.2, 0) is 0 Å². The third-order valence-electron chi connectivity index (χ3n) is 5.49. The Morgan fingerprint density at radius 2 is 0.833 bits per heavy atom. The SMILES string of the molecule is CCCCCCCC([CH]C(CCCC)CCCCCCC)CCC. The highest BCUT2D eigenvalue weighted by Gasteiger charge is 2.16. The van der Waals surface area contributed by atoms with Gasteiger partial charge in [-0.15, -0.1) is 0 Å². The quantitative estimate of drug-likeness (QED) is 0.206. The van der Waals surface area contributed by atoms with Gasteiger partial charge < -0.3 is 0 Å². The third-order valence-corrected chi connectivity index (χ3v) is 5.49. The largest absolute Gasteiger partial charge is 0.0654 e. The zero-order valence-electron chi connectivity index (χ0n) is 17.8. The first-order valence-corrected chi connectivity index (χ1v) is 11.6. The summed E-state index contributed by atoms with van der Waals surface area (Å²) < 4.78 is 0. The maximum absolute atomic E-state index is 2.80. The minimum Gasteiger partial charge on any atom is -0.0654 e. The molecule has 0 heterocycles. The maximum atomic E-state index is 2.80. The molecule has 145 valence electrons. The van der Waals surface area contributed by atoms with Gasteiger partial charge in [-0.3, -0.25) is 0 Å². The van der Waals surface area contributed by atoms with Gasteiger partial charge in [-0.2, -0.15) is 0 Å². The van der Waals surface area contributed by atoms with Crippen molar-refractivity contribution in [1.29, 1.82) is 0 Å². The van der Waals surface area contributed by atoms with Gasteiger partial charge in [0.05, 0.1) is 0 Å².